The molecule has 0 amide bonds. The molecular weight excluding hydrogens is 455 g/mol. The highest BCUT2D eigenvalue weighted by molar-refractivity contribution is 9.10. The molecule has 0 bridgehead atoms. The summed E-state index contributed by atoms with van der Waals surface area (Å²) in [5, 5.41) is 8.98. The van der Waals surface area contributed by atoms with Crippen LogP contribution < -0.4 is 4.74 Å². The van der Waals surface area contributed by atoms with Gasteiger partial charge >= 0.3 is 6.18 Å². The first kappa shape index (κ1) is 20.7. The largest absolute Gasteiger partial charge is 0.486 e. The van der Waals surface area contributed by atoms with Crippen molar-refractivity contribution in [1.82, 2.24) is 14.8 Å². The first-order valence-corrected chi connectivity index (χ1v) is 10.2. The summed E-state index contributed by atoms with van der Waals surface area (Å²) in [4.78, 5) is 0. The van der Waals surface area contributed by atoms with Gasteiger partial charge in [0.05, 0.1) is 5.56 Å². The van der Waals surface area contributed by atoms with Crippen molar-refractivity contribution in [2.24, 2.45) is 0 Å². The summed E-state index contributed by atoms with van der Waals surface area (Å²) < 4.78 is 47.2. The summed E-state index contributed by atoms with van der Waals surface area (Å²) in [5.74, 6) is 1.75. The van der Waals surface area contributed by atoms with Crippen molar-refractivity contribution in [2.75, 3.05) is 0 Å². The fraction of sp³-hybridized carbons (Fsp3) is 0.263. The van der Waals surface area contributed by atoms with E-state index in [1.165, 1.54) is 17.8 Å². The molecule has 3 aromatic rings. The zero-order valence-electron chi connectivity index (χ0n) is 14.9. The maximum Gasteiger partial charge on any atom is 0.416 e. The Bertz CT molecular complexity index is 929. The van der Waals surface area contributed by atoms with Gasteiger partial charge in [-0.25, -0.2) is 0 Å². The third-order valence-corrected chi connectivity index (χ3v) is 5.48. The first-order chi connectivity index (χ1) is 13.4. The molecule has 1 aromatic heterocycles. The molecular formula is C19H17BrF3N3OS. The Labute approximate surface area is 173 Å². The number of hydrogen-bond acceptors (Lipinski definition) is 4. The molecule has 3 rings (SSSR count). The van der Waals surface area contributed by atoms with Gasteiger partial charge in [-0.3, -0.25) is 0 Å². The van der Waals surface area contributed by atoms with Gasteiger partial charge in [0, 0.05) is 16.8 Å². The molecule has 0 aliphatic carbocycles. The van der Waals surface area contributed by atoms with Gasteiger partial charge in [0.15, 0.2) is 11.0 Å². The van der Waals surface area contributed by atoms with E-state index in [0.717, 1.165) is 16.6 Å². The highest BCUT2D eigenvalue weighted by Crippen LogP contribution is 2.31. The fourth-order valence-electron chi connectivity index (χ4n) is 2.51. The number of hydrogen-bond donors (Lipinski definition) is 0. The lowest BCUT2D eigenvalue weighted by Crippen LogP contribution is -2.07. The summed E-state index contributed by atoms with van der Waals surface area (Å²) in [5.41, 5.74) is -0.0655. The number of rotatable bonds is 7. The number of alkyl halides is 3. The molecule has 0 spiro atoms. The van der Waals surface area contributed by atoms with Gasteiger partial charge in [-0.2, -0.15) is 13.2 Å². The van der Waals surface area contributed by atoms with E-state index >= 15 is 0 Å². The van der Waals surface area contributed by atoms with Gasteiger partial charge in [-0.05, 0) is 42.8 Å². The number of benzene rings is 2. The minimum absolute atomic E-state index is 0.257. The smallest absolute Gasteiger partial charge is 0.416 e. The Kier molecular flexibility index (Phi) is 6.66. The minimum atomic E-state index is -4.35. The van der Waals surface area contributed by atoms with E-state index in [2.05, 4.69) is 26.1 Å². The summed E-state index contributed by atoms with van der Waals surface area (Å²) in [6, 6.07) is 12.8. The number of aromatic nitrogens is 3. The van der Waals surface area contributed by atoms with Crippen molar-refractivity contribution in [3.05, 3.63) is 70.0 Å². The number of nitrogens with zero attached hydrogens (tertiary/aromatic N) is 3. The lowest BCUT2D eigenvalue weighted by atomic mass is 10.1. The highest BCUT2D eigenvalue weighted by Gasteiger charge is 2.30. The Morgan fingerprint density at radius 3 is 2.54 bits per heavy atom. The van der Waals surface area contributed by atoms with Crippen LogP contribution in [0.15, 0.2) is 58.2 Å². The number of thioether (sulfide) groups is 1. The topological polar surface area (TPSA) is 39.9 Å². The Morgan fingerprint density at radius 2 is 1.86 bits per heavy atom. The molecule has 0 atom stereocenters. The van der Waals surface area contributed by atoms with Gasteiger partial charge in [0.2, 0.25) is 0 Å². The SMILES string of the molecule is CCn1c(COc2ccc(Br)cc2)nnc1SCc1cccc(C(F)(F)F)c1. The fourth-order valence-corrected chi connectivity index (χ4v) is 3.74. The van der Waals surface area contributed by atoms with Crippen molar-refractivity contribution < 1.29 is 17.9 Å². The van der Waals surface area contributed by atoms with Crippen LogP contribution in [0.25, 0.3) is 0 Å². The zero-order chi connectivity index (χ0) is 20.1. The molecule has 0 saturated heterocycles. The Morgan fingerprint density at radius 1 is 1.11 bits per heavy atom. The van der Waals surface area contributed by atoms with E-state index in [1.807, 2.05) is 35.8 Å². The summed E-state index contributed by atoms with van der Waals surface area (Å²) in [6.45, 7) is 2.85. The van der Waals surface area contributed by atoms with Crippen LogP contribution in [0.2, 0.25) is 0 Å². The molecule has 4 nitrogen and oxygen atoms in total. The molecule has 9 heteroatoms. The number of ether oxygens (including phenoxy) is 1. The van der Waals surface area contributed by atoms with E-state index in [4.69, 9.17) is 4.74 Å². The third kappa shape index (κ3) is 5.29. The van der Waals surface area contributed by atoms with Crippen molar-refractivity contribution in [1.29, 1.82) is 0 Å². The van der Waals surface area contributed by atoms with Crippen molar-refractivity contribution in [2.45, 2.75) is 37.2 Å². The zero-order valence-corrected chi connectivity index (χ0v) is 17.3. The van der Waals surface area contributed by atoms with Crippen LogP contribution in [0.1, 0.15) is 23.9 Å². The normalized spacial score (nSPS) is 11.6. The van der Waals surface area contributed by atoms with Crippen LogP contribution in [0.5, 0.6) is 5.75 Å². The first-order valence-electron chi connectivity index (χ1n) is 8.46. The average molecular weight is 472 g/mol. The second-order valence-corrected chi connectivity index (χ2v) is 7.73. The Balaban J connectivity index is 1.66. The quantitative estimate of drug-likeness (QED) is 0.399. The van der Waals surface area contributed by atoms with Gasteiger partial charge in [-0.15, -0.1) is 10.2 Å². The molecule has 0 N–H and O–H groups in total. The summed E-state index contributed by atoms with van der Waals surface area (Å²) >= 11 is 4.72. The second-order valence-electron chi connectivity index (χ2n) is 5.87. The molecule has 148 valence electrons. The number of halogens is 4. The molecule has 0 fully saturated rings. The summed E-state index contributed by atoms with van der Waals surface area (Å²) in [6.07, 6.45) is -4.35. The van der Waals surface area contributed by atoms with Gasteiger partial charge in [0.1, 0.15) is 12.4 Å². The predicted octanol–water partition coefficient (Wildman–Crippen LogP) is 5.95. The third-order valence-electron chi connectivity index (χ3n) is 3.91. The highest BCUT2D eigenvalue weighted by atomic mass is 79.9. The maximum atomic E-state index is 12.9. The Hall–Kier alpha value is -2.00. The van der Waals surface area contributed by atoms with Crippen LogP contribution in [0.3, 0.4) is 0 Å². The monoisotopic (exact) mass is 471 g/mol. The summed E-state index contributed by atoms with van der Waals surface area (Å²) in [7, 11) is 0. The van der Waals surface area contributed by atoms with Crippen LogP contribution in [-0.4, -0.2) is 14.8 Å². The van der Waals surface area contributed by atoms with E-state index in [0.29, 0.717) is 34.6 Å². The van der Waals surface area contributed by atoms with Crippen LogP contribution in [0, 0.1) is 0 Å². The standard InChI is InChI=1S/C19H17BrF3N3OS/c1-2-26-17(11-27-16-8-6-15(20)7-9-16)24-25-18(26)28-12-13-4-3-5-14(10-13)19(21,22)23/h3-10H,2,11-12H2,1H3. The molecule has 0 saturated carbocycles. The van der Waals surface area contributed by atoms with Gasteiger partial charge < -0.3 is 9.30 Å². The van der Waals surface area contributed by atoms with Gasteiger partial charge in [0.25, 0.3) is 0 Å². The average Bonchev–Trinajstić information content (AvgIpc) is 3.07. The van der Waals surface area contributed by atoms with Gasteiger partial charge in [-0.1, -0.05) is 45.9 Å². The molecule has 0 radical (unpaired) electrons. The van der Waals surface area contributed by atoms with Crippen LogP contribution >= 0.6 is 27.7 Å². The van der Waals surface area contributed by atoms with Crippen LogP contribution in [0.4, 0.5) is 13.2 Å². The van der Waals surface area contributed by atoms with E-state index < -0.39 is 11.7 Å². The predicted molar refractivity (Wildman–Crippen MR) is 105 cm³/mol. The molecule has 0 unspecified atom stereocenters. The molecule has 2 aromatic carbocycles. The lowest BCUT2D eigenvalue weighted by Gasteiger charge is -2.10. The second kappa shape index (κ2) is 9.00. The lowest BCUT2D eigenvalue weighted by molar-refractivity contribution is -0.137. The van der Waals surface area contributed by atoms with Crippen molar-refractivity contribution in [3.8, 4) is 5.75 Å². The van der Waals surface area contributed by atoms with E-state index in [-0.39, 0.29) is 6.61 Å². The van der Waals surface area contributed by atoms with E-state index in [1.54, 1.807) is 6.07 Å². The van der Waals surface area contributed by atoms with E-state index in [9.17, 15) is 13.2 Å². The molecule has 28 heavy (non-hydrogen) atoms. The molecule has 0 aliphatic rings. The minimum Gasteiger partial charge on any atom is -0.486 e. The molecule has 0 aliphatic heterocycles. The molecule has 1 heterocycles. The maximum absolute atomic E-state index is 12.9. The van der Waals surface area contributed by atoms with Crippen molar-refractivity contribution >= 4 is 27.7 Å². The van der Waals surface area contributed by atoms with Crippen molar-refractivity contribution in [3.63, 3.8) is 0 Å². The van der Waals surface area contributed by atoms with Crippen LogP contribution in [-0.2, 0) is 25.1 Å².